The van der Waals surface area contributed by atoms with Gasteiger partial charge in [0.1, 0.15) is 0 Å². The van der Waals surface area contributed by atoms with Gasteiger partial charge in [0.25, 0.3) is 0 Å². The minimum absolute atomic E-state index is 0. The zero-order valence-electron chi connectivity index (χ0n) is 4.59. The molecule has 0 aliphatic heterocycles. The number of hydrogen-bond donors (Lipinski definition) is 0. The summed E-state index contributed by atoms with van der Waals surface area (Å²) in [7, 11) is -3.25. The monoisotopic (exact) mass is 372 g/mol. The van der Waals surface area contributed by atoms with Gasteiger partial charge in [-0.25, -0.2) is 0 Å². The van der Waals surface area contributed by atoms with Gasteiger partial charge in [-0.2, -0.15) is 0 Å². The Balaban J connectivity index is -0.0000000150. The molecule has 0 fully saturated rings. The third kappa shape index (κ3) is 514. The van der Waals surface area contributed by atoms with E-state index in [0.717, 1.165) is 0 Å². The molecule has 0 aliphatic carbocycles. The van der Waals surface area contributed by atoms with Gasteiger partial charge in [0.2, 0.25) is 0 Å². The molecule has 0 radical (unpaired) electrons. The van der Waals surface area contributed by atoms with E-state index < -0.39 is 26.1 Å². The summed E-state index contributed by atoms with van der Waals surface area (Å²) in [5, 5.41) is 0. The van der Waals surface area contributed by atoms with Crippen molar-refractivity contribution >= 4 is 26.1 Å². The second-order valence-electron chi connectivity index (χ2n) is 0.224. The number of hydrogen-bond acceptors (Lipinski definition) is 6. The predicted molar refractivity (Wildman–Crippen MR) is 26.4 cm³/mol. The van der Waals surface area contributed by atoms with E-state index in [1.807, 2.05) is 0 Å². The van der Waals surface area contributed by atoms with Crippen molar-refractivity contribution in [1.82, 2.24) is 0 Å². The van der Waals surface area contributed by atoms with Crippen LogP contribution >= 0.6 is 26.1 Å². The molecule has 0 atom stereocenters. The van der Waals surface area contributed by atoms with Crippen LogP contribution in [0.3, 0.4) is 0 Å². The van der Waals surface area contributed by atoms with Crippen molar-refractivity contribution in [3.63, 3.8) is 0 Å². The smallest absolute Gasteiger partial charge is 0.772 e. The van der Waals surface area contributed by atoms with Crippen molar-refractivity contribution in [2.75, 3.05) is 0 Å². The molecule has 0 rings (SSSR count). The molecular weight excluding hydrogens is 370 g/mol. The van der Waals surface area contributed by atoms with E-state index in [0.29, 0.717) is 0 Å². The van der Waals surface area contributed by atoms with Gasteiger partial charge in [-0.15, -0.1) is 0 Å². The fourth-order valence-corrected chi connectivity index (χ4v) is 0. The Morgan fingerprint density at radius 2 is 0.727 bits per heavy atom. The first-order valence-corrected chi connectivity index (χ1v) is 3.29. The molecule has 0 aromatic heterocycles. The summed E-state index contributed by atoms with van der Waals surface area (Å²) < 4.78 is 25.0. The third-order valence-electron chi connectivity index (χ3n) is 0. The van der Waals surface area contributed by atoms with Crippen LogP contribution in [0.25, 0.3) is 0 Å². The summed E-state index contributed by atoms with van der Waals surface area (Å²) in [6.45, 7) is 0. The molecule has 0 bridgehead atoms. The van der Waals surface area contributed by atoms with Crippen LogP contribution in [-0.4, -0.2) is 5.48 Å². The predicted octanol–water partition coefficient (Wildman–Crippen LogP) is -2.16. The van der Waals surface area contributed by atoms with Crippen LogP contribution in [0.4, 0.5) is 0 Å². The molecule has 0 heterocycles. The quantitative estimate of drug-likeness (QED) is 0.349. The molecule has 0 saturated carbocycles. The van der Waals surface area contributed by atoms with E-state index in [1.54, 1.807) is 0 Å². The summed E-state index contributed by atoms with van der Waals surface area (Å²) in [6.07, 6.45) is 0. The van der Waals surface area contributed by atoms with Gasteiger partial charge in [-0.3, -0.25) is 13.7 Å². The van der Waals surface area contributed by atoms with E-state index >= 15 is 0 Å². The Kier molecular flexibility index (Phi) is 170. The Hall–Kier alpha value is 1.40. The molecule has 0 amide bonds. The van der Waals surface area contributed by atoms with Crippen LogP contribution in [0.1, 0.15) is 0 Å². The first-order chi connectivity index (χ1) is 4.24. The molecular formula is H2HoO7P3. The van der Waals surface area contributed by atoms with Crippen LogP contribution in [-0.2, 0) is 13.7 Å². The maximum atomic E-state index is 8.35. The van der Waals surface area contributed by atoms with Crippen LogP contribution in [0.15, 0.2) is 0 Å². The first kappa shape index (κ1) is 29.4. The molecule has 0 unspecified atom stereocenters. The summed E-state index contributed by atoms with van der Waals surface area (Å²) in [5.41, 5.74) is 0. The Bertz CT molecular complexity index is 50.4. The topological polar surface area (TPSA) is 152 Å². The second kappa shape index (κ2) is 63.7. The summed E-state index contributed by atoms with van der Waals surface area (Å²) in [6, 6.07) is 0. The van der Waals surface area contributed by atoms with Crippen LogP contribution in [0.5, 0.6) is 0 Å². The van der Waals surface area contributed by atoms with Gasteiger partial charge in [0, 0.05) is 0 Å². The van der Waals surface area contributed by atoms with Crippen LogP contribution in [0.2, 0.25) is 0 Å². The average Bonchev–Trinajstić information content (AvgIpc) is 1.70. The maximum absolute atomic E-state index is 8.35. The maximum Gasteiger partial charge on any atom is 3.00 e. The first-order valence-electron chi connectivity index (χ1n) is 1.10. The minimum Gasteiger partial charge on any atom is -0.772 e. The summed E-state index contributed by atoms with van der Waals surface area (Å²) >= 11 is 0. The molecule has 0 spiro atoms. The Morgan fingerprint density at radius 3 is 0.727 bits per heavy atom. The zero-order chi connectivity index (χ0) is 8.12. The molecule has 7 nitrogen and oxygen atoms in total. The SMILES string of the molecule is O.O=P[O-].O=P[O-].O=P[O-].[Ho+3]. The molecule has 0 saturated heterocycles. The standard InChI is InChI=1S/Ho.3HO2P.H2O/c;3*1-3-2;/h;3*(H,1,2);1H2/q+3;;;;/p-3. The van der Waals surface area contributed by atoms with E-state index in [1.165, 1.54) is 0 Å². The molecule has 0 aromatic carbocycles. The van der Waals surface area contributed by atoms with E-state index in [4.69, 9.17) is 28.4 Å². The van der Waals surface area contributed by atoms with E-state index in [9.17, 15) is 0 Å². The van der Waals surface area contributed by atoms with Gasteiger partial charge in [-0.05, 0) is 0 Å². The van der Waals surface area contributed by atoms with Crippen molar-refractivity contribution in [2.45, 2.75) is 0 Å². The molecule has 2 N–H and O–H groups in total. The third-order valence-corrected chi connectivity index (χ3v) is 0. The normalized spacial score (nSPS) is 5.73. The van der Waals surface area contributed by atoms with Crippen LogP contribution in [0, 0.1) is 37.7 Å². The summed E-state index contributed by atoms with van der Waals surface area (Å²) in [5.74, 6) is 0. The molecule has 70 valence electrons. The van der Waals surface area contributed by atoms with Crippen molar-refractivity contribution in [1.29, 1.82) is 0 Å². The zero-order valence-corrected chi connectivity index (χ0v) is 9.21. The summed E-state index contributed by atoms with van der Waals surface area (Å²) in [4.78, 5) is 25.0. The molecule has 11 heavy (non-hydrogen) atoms. The van der Waals surface area contributed by atoms with Crippen molar-refractivity contribution in [3.05, 3.63) is 0 Å². The van der Waals surface area contributed by atoms with Crippen molar-refractivity contribution in [3.8, 4) is 0 Å². The van der Waals surface area contributed by atoms with Gasteiger partial charge < -0.3 is 20.2 Å². The molecule has 0 aliphatic rings. The minimum atomic E-state index is -1.08. The average molecular weight is 372 g/mol. The van der Waals surface area contributed by atoms with E-state index in [-0.39, 0.29) is 43.2 Å². The van der Waals surface area contributed by atoms with Gasteiger partial charge >= 0.3 is 37.7 Å². The van der Waals surface area contributed by atoms with E-state index in [2.05, 4.69) is 0 Å². The molecule has 11 heteroatoms. The van der Waals surface area contributed by atoms with Crippen LogP contribution < -0.4 is 14.7 Å². The van der Waals surface area contributed by atoms with Gasteiger partial charge in [0.15, 0.2) is 0 Å². The fourth-order valence-electron chi connectivity index (χ4n) is 0. The Morgan fingerprint density at radius 1 is 0.727 bits per heavy atom. The van der Waals surface area contributed by atoms with Gasteiger partial charge in [-0.1, -0.05) is 0 Å². The van der Waals surface area contributed by atoms with Crippen molar-refractivity contribution < 1.29 is 71.6 Å². The largest absolute Gasteiger partial charge is 3.00 e. The molecule has 0 aromatic rings. The number of rotatable bonds is 0. The Labute approximate surface area is 97.0 Å². The second-order valence-corrected chi connectivity index (χ2v) is 0.671. The van der Waals surface area contributed by atoms with Gasteiger partial charge in [0.05, 0.1) is 26.1 Å². The fraction of sp³-hybridized carbons (Fsp3) is 0. The van der Waals surface area contributed by atoms with Crippen molar-refractivity contribution in [2.24, 2.45) is 0 Å².